The third-order valence-electron chi connectivity index (χ3n) is 7.90. The van der Waals surface area contributed by atoms with Crippen molar-refractivity contribution < 1.29 is 9.59 Å². The van der Waals surface area contributed by atoms with E-state index in [1.54, 1.807) is 0 Å². The molecule has 2 amide bonds. The number of amides is 2. The minimum absolute atomic E-state index is 0.0309. The van der Waals surface area contributed by atoms with Crippen molar-refractivity contribution in [3.63, 3.8) is 0 Å². The van der Waals surface area contributed by atoms with Crippen LogP contribution in [0.15, 0.2) is 17.5 Å². The summed E-state index contributed by atoms with van der Waals surface area (Å²) in [6.45, 7) is 2.30. The lowest BCUT2D eigenvalue weighted by molar-refractivity contribution is -0.141. The van der Waals surface area contributed by atoms with Crippen molar-refractivity contribution >= 4 is 23.2 Å². The van der Waals surface area contributed by atoms with Gasteiger partial charge in [0.2, 0.25) is 5.91 Å². The Morgan fingerprint density at radius 1 is 1.18 bits per heavy atom. The summed E-state index contributed by atoms with van der Waals surface area (Å²) < 4.78 is 0. The van der Waals surface area contributed by atoms with E-state index in [2.05, 4.69) is 0 Å². The molecule has 0 spiro atoms. The monoisotopic (exact) mass is 400 g/mol. The Morgan fingerprint density at radius 3 is 2.46 bits per heavy atom. The molecule has 152 valence electrons. The molecule has 6 rings (SSSR count). The summed E-state index contributed by atoms with van der Waals surface area (Å²) in [5.41, 5.74) is 0.389. The molecular formula is C23H32N2O2S. The second-order valence-corrected chi connectivity index (χ2v) is 11.1. The van der Waals surface area contributed by atoms with Crippen molar-refractivity contribution in [2.24, 2.45) is 29.1 Å². The Balaban J connectivity index is 1.23. The molecule has 0 unspecified atom stereocenters. The van der Waals surface area contributed by atoms with Gasteiger partial charge in [-0.3, -0.25) is 9.59 Å². The van der Waals surface area contributed by atoms with E-state index in [4.69, 9.17) is 0 Å². The normalized spacial score (nSPS) is 36.5. The molecule has 4 nitrogen and oxygen atoms in total. The summed E-state index contributed by atoms with van der Waals surface area (Å²) in [4.78, 5) is 30.7. The van der Waals surface area contributed by atoms with Crippen LogP contribution in [0, 0.1) is 29.1 Å². The van der Waals surface area contributed by atoms with Gasteiger partial charge in [-0.05, 0) is 86.0 Å². The lowest BCUT2D eigenvalue weighted by atomic mass is 9.49. The van der Waals surface area contributed by atoms with Gasteiger partial charge < -0.3 is 9.80 Å². The zero-order valence-corrected chi connectivity index (χ0v) is 17.8. The topological polar surface area (TPSA) is 40.6 Å². The van der Waals surface area contributed by atoms with E-state index in [0.29, 0.717) is 12.0 Å². The molecule has 4 aliphatic carbocycles. The molecule has 1 aliphatic heterocycles. The molecule has 2 heterocycles. The third kappa shape index (κ3) is 3.40. The summed E-state index contributed by atoms with van der Waals surface area (Å²) in [5, 5.41) is 1.94. The van der Waals surface area contributed by atoms with Crippen LogP contribution in [0.5, 0.6) is 0 Å². The van der Waals surface area contributed by atoms with Crippen molar-refractivity contribution in [1.82, 2.24) is 9.80 Å². The van der Waals surface area contributed by atoms with Gasteiger partial charge in [0.15, 0.2) is 0 Å². The highest BCUT2D eigenvalue weighted by atomic mass is 32.1. The Labute approximate surface area is 172 Å². The first-order valence-corrected chi connectivity index (χ1v) is 12.0. The van der Waals surface area contributed by atoms with Crippen LogP contribution < -0.4 is 0 Å². The Morgan fingerprint density at radius 2 is 1.86 bits per heavy atom. The predicted octanol–water partition coefficient (Wildman–Crippen LogP) is 4.28. The maximum Gasteiger partial charge on any atom is 0.263 e. The molecule has 5 aliphatic rings. The summed E-state index contributed by atoms with van der Waals surface area (Å²) in [7, 11) is 2.01. The summed E-state index contributed by atoms with van der Waals surface area (Å²) in [5.74, 6) is 3.09. The highest BCUT2D eigenvalue weighted by Gasteiger charge is 2.51. The number of nitrogens with zero attached hydrogens (tertiary/aromatic N) is 2. The molecule has 1 saturated heterocycles. The van der Waals surface area contributed by atoms with Crippen molar-refractivity contribution in [1.29, 1.82) is 0 Å². The molecule has 4 saturated carbocycles. The fourth-order valence-corrected chi connectivity index (χ4v) is 7.99. The van der Waals surface area contributed by atoms with Gasteiger partial charge in [0, 0.05) is 26.7 Å². The first-order valence-electron chi connectivity index (χ1n) is 11.1. The Bertz CT molecular complexity index is 709. The lowest BCUT2D eigenvalue weighted by Crippen LogP contribution is -2.53. The van der Waals surface area contributed by atoms with E-state index in [0.717, 1.165) is 48.6 Å². The highest BCUT2D eigenvalue weighted by Crippen LogP contribution is 2.60. The van der Waals surface area contributed by atoms with Crippen LogP contribution in [0.2, 0.25) is 0 Å². The molecular weight excluding hydrogens is 368 g/mol. The van der Waals surface area contributed by atoms with E-state index in [-0.39, 0.29) is 17.7 Å². The molecule has 0 aromatic carbocycles. The number of hydrogen-bond donors (Lipinski definition) is 0. The number of carbonyl (C=O) groups is 2. The highest BCUT2D eigenvalue weighted by molar-refractivity contribution is 7.12. The van der Waals surface area contributed by atoms with Gasteiger partial charge in [-0.2, -0.15) is 0 Å². The van der Waals surface area contributed by atoms with Crippen LogP contribution in [0.4, 0.5) is 0 Å². The van der Waals surface area contributed by atoms with E-state index in [1.807, 2.05) is 34.4 Å². The Kier molecular flexibility index (Phi) is 4.77. The minimum atomic E-state index is -0.0309. The van der Waals surface area contributed by atoms with Gasteiger partial charge in [0.1, 0.15) is 0 Å². The number of carbonyl (C=O) groups excluding carboxylic acids is 2. The smallest absolute Gasteiger partial charge is 0.263 e. The number of likely N-dealkylation sites (tertiary alicyclic amines) is 1. The molecule has 1 aromatic heterocycles. The van der Waals surface area contributed by atoms with Crippen molar-refractivity contribution in [2.45, 2.75) is 51.4 Å². The fourth-order valence-electron chi connectivity index (χ4n) is 7.30. The van der Waals surface area contributed by atoms with Crippen LogP contribution in [-0.4, -0.2) is 48.3 Å². The van der Waals surface area contributed by atoms with Gasteiger partial charge in [-0.1, -0.05) is 6.07 Å². The molecule has 5 fully saturated rings. The first kappa shape index (κ1) is 18.7. The second-order valence-electron chi connectivity index (χ2n) is 10.2. The lowest BCUT2D eigenvalue weighted by Gasteiger charge is -2.57. The molecule has 1 atom stereocenters. The number of rotatable bonds is 4. The summed E-state index contributed by atoms with van der Waals surface area (Å²) >= 11 is 1.49. The van der Waals surface area contributed by atoms with E-state index in [9.17, 15) is 9.59 Å². The third-order valence-corrected chi connectivity index (χ3v) is 8.76. The Hall–Kier alpha value is -1.36. The van der Waals surface area contributed by atoms with Crippen molar-refractivity contribution in [3.8, 4) is 0 Å². The zero-order valence-electron chi connectivity index (χ0n) is 16.9. The largest absolute Gasteiger partial charge is 0.345 e. The fraction of sp³-hybridized carbons (Fsp3) is 0.739. The second kappa shape index (κ2) is 7.16. The average molecular weight is 401 g/mol. The maximum atomic E-state index is 13.3. The van der Waals surface area contributed by atoms with Crippen LogP contribution in [-0.2, 0) is 4.79 Å². The van der Waals surface area contributed by atoms with Gasteiger partial charge in [-0.25, -0.2) is 0 Å². The van der Waals surface area contributed by atoms with E-state index < -0.39 is 0 Å². The van der Waals surface area contributed by atoms with Crippen LogP contribution in [0.25, 0.3) is 0 Å². The average Bonchev–Trinajstić information content (AvgIpc) is 3.20. The van der Waals surface area contributed by atoms with Crippen molar-refractivity contribution in [3.05, 3.63) is 22.4 Å². The van der Waals surface area contributed by atoms with Gasteiger partial charge in [-0.15, -0.1) is 11.3 Å². The summed E-state index contributed by atoms with van der Waals surface area (Å²) in [6.07, 6.45) is 10.2. The molecule has 28 heavy (non-hydrogen) atoms. The SMILES string of the molecule is CN(CC12CC3CC(CC(C3)C1)C2)C(=O)[C@@H]1CCCN(C(=O)c2cccs2)C1. The zero-order chi connectivity index (χ0) is 19.3. The molecule has 5 heteroatoms. The molecule has 0 radical (unpaired) electrons. The minimum Gasteiger partial charge on any atom is -0.345 e. The standard InChI is InChI=1S/C23H32N2O2S/c1-24(15-23-11-16-8-17(12-23)10-18(9-16)13-23)21(26)19-4-2-6-25(14-19)22(27)20-5-3-7-28-20/h3,5,7,16-19H,2,4,6,8-15H2,1H3/t16?,17?,18?,19-,23?/m1/s1. The number of hydrogen-bond acceptors (Lipinski definition) is 3. The van der Waals surface area contributed by atoms with Crippen LogP contribution >= 0.6 is 11.3 Å². The quantitative estimate of drug-likeness (QED) is 0.757. The van der Waals surface area contributed by atoms with E-state index in [1.165, 1.54) is 49.9 Å². The molecule has 0 N–H and O–H groups in total. The van der Waals surface area contributed by atoms with Gasteiger partial charge in [0.25, 0.3) is 5.91 Å². The van der Waals surface area contributed by atoms with Gasteiger partial charge >= 0.3 is 0 Å². The van der Waals surface area contributed by atoms with Gasteiger partial charge in [0.05, 0.1) is 10.8 Å². The predicted molar refractivity (Wildman–Crippen MR) is 111 cm³/mol. The van der Waals surface area contributed by atoms with Crippen molar-refractivity contribution in [2.75, 3.05) is 26.7 Å². The number of piperidine rings is 1. The first-order chi connectivity index (χ1) is 13.5. The van der Waals surface area contributed by atoms with Crippen LogP contribution in [0.1, 0.15) is 61.0 Å². The van der Waals surface area contributed by atoms with E-state index >= 15 is 0 Å². The van der Waals surface area contributed by atoms with Crippen LogP contribution in [0.3, 0.4) is 0 Å². The summed E-state index contributed by atoms with van der Waals surface area (Å²) in [6, 6.07) is 3.81. The maximum absolute atomic E-state index is 13.3. The number of thiophene rings is 1. The molecule has 4 bridgehead atoms. The molecule has 1 aromatic rings.